The van der Waals surface area contributed by atoms with Crippen LogP contribution in [0.15, 0.2) is 24.3 Å². The molecule has 1 heterocycles. The number of carbonyl (C=O) groups excluding carboxylic acids is 2. The van der Waals surface area contributed by atoms with Crippen molar-refractivity contribution in [1.29, 1.82) is 0 Å². The Morgan fingerprint density at radius 2 is 1.75 bits per heavy atom. The van der Waals surface area contributed by atoms with Crippen LogP contribution in [0.3, 0.4) is 0 Å². The van der Waals surface area contributed by atoms with Gasteiger partial charge in [0, 0.05) is 44.5 Å². The second-order valence-corrected chi connectivity index (χ2v) is 6.02. The van der Waals surface area contributed by atoms with Gasteiger partial charge in [-0.2, -0.15) is 0 Å². The highest BCUT2D eigenvalue weighted by Crippen LogP contribution is 2.21. The summed E-state index contributed by atoms with van der Waals surface area (Å²) >= 11 is 0. The molecule has 0 aliphatic carbocycles. The van der Waals surface area contributed by atoms with E-state index in [1.165, 1.54) is 0 Å². The number of rotatable bonds is 7. The molecule has 24 heavy (non-hydrogen) atoms. The van der Waals surface area contributed by atoms with Gasteiger partial charge in [0.25, 0.3) is 0 Å². The minimum atomic E-state index is -1.28. The molecular formula is C18H23NO5. The van der Waals surface area contributed by atoms with Crippen LogP contribution in [0.25, 0.3) is 0 Å². The van der Waals surface area contributed by atoms with Gasteiger partial charge in [-0.05, 0) is 12.0 Å². The lowest BCUT2D eigenvalue weighted by atomic mass is 9.90. The van der Waals surface area contributed by atoms with Crippen molar-refractivity contribution >= 4 is 17.7 Å². The van der Waals surface area contributed by atoms with Gasteiger partial charge in [-0.3, -0.25) is 9.59 Å². The zero-order chi connectivity index (χ0) is 17.6. The van der Waals surface area contributed by atoms with E-state index in [0.29, 0.717) is 18.8 Å². The Balaban J connectivity index is 1.89. The second kappa shape index (κ2) is 8.06. The van der Waals surface area contributed by atoms with E-state index in [9.17, 15) is 19.5 Å². The summed E-state index contributed by atoms with van der Waals surface area (Å²) in [6, 6.07) is 7.32. The van der Waals surface area contributed by atoms with Crippen LogP contribution in [0.2, 0.25) is 0 Å². The summed E-state index contributed by atoms with van der Waals surface area (Å²) in [5.41, 5.74) is 0.437. The highest BCUT2D eigenvalue weighted by Gasteiger charge is 2.41. The number of Topliss-reactive ketones (excluding diaryl/α,β-unsaturated/α-hetero) is 1. The summed E-state index contributed by atoms with van der Waals surface area (Å²) in [5, 5.41) is 12.0. The molecule has 0 bridgehead atoms. The topological polar surface area (TPSA) is 92.7 Å². The van der Waals surface area contributed by atoms with E-state index in [-0.39, 0.29) is 31.5 Å². The summed E-state index contributed by atoms with van der Waals surface area (Å²) in [6.07, 6.45) is 1.41. The first kappa shape index (κ1) is 18.1. The third-order valence-electron chi connectivity index (χ3n) is 4.40. The fourth-order valence-electron chi connectivity index (χ4n) is 2.74. The number of aryl methyl sites for hydroxylation is 1. The Kier molecular flexibility index (Phi) is 6.09. The Hall–Kier alpha value is -2.21. The van der Waals surface area contributed by atoms with E-state index in [4.69, 9.17) is 4.74 Å². The number of carboxylic acid groups (broad SMARTS) is 1. The number of carboxylic acids is 1. The van der Waals surface area contributed by atoms with Gasteiger partial charge in [0.1, 0.15) is 5.54 Å². The monoisotopic (exact) mass is 333 g/mol. The Morgan fingerprint density at radius 3 is 2.29 bits per heavy atom. The zero-order valence-electron chi connectivity index (χ0n) is 13.8. The van der Waals surface area contributed by atoms with E-state index in [0.717, 1.165) is 12.0 Å². The van der Waals surface area contributed by atoms with Gasteiger partial charge in [0.15, 0.2) is 5.78 Å². The van der Waals surface area contributed by atoms with Crippen LogP contribution in [0, 0.1) is 0 Å². The molecule has 1 fully saturated rings. The van der Waals surface area contributed by atoms with Gasteiger partial charge in [0.05, 0.1) is 0 Å². The van der Waals surface area contributed by atoms with Gasteiger partial charge in [-0.1, -0.05) is 31.2 Å². The molecule has 1 aromatic rings. The molecule has 0 spiro atoms. The first-order chi connectivity index (χ1) is 11.5. The summed E-state index contributed by atoms with van der Waals surface area (Å²) in [5.74, 6) is -1.59. The average molecular weight is 333 g/mol. The maximum atomic E-state index is 12.1. The van der Waals surface area contributed by atoms with Gasteiger partial charge in [-0.25, -0.2) is 4.79 Å². The largest absolute Gasteiger partial charge is 0.480 e. The standard InChI is InChI=1S/C18H23NO5/c1-2-13-3-5-14(6-4-13)15(20)7-8-16(21)19-18(17(22)23)9-11-24-12-10-18/h3-6H,2,7-12H2,1H3,(H,19,21)(H,22,23). The molecule has 1 aliphatic rings. The molecule has 6 nitrogen and oxygen atoms in total. The Morgan fingerprint density at radius 1 is 1.12 bits per heavy atom. The SMILES string of the molecule is CCc1ccc(C(=O)CCC(=O)NC2(C(=O)O)CCOCC2)cc1. The normalized spacial score (nSPS) is 16.4. The number of ether oxygens (including phenoxy) is 1. The van der Waals surface area contributed by atoms with Crippen molar-refractivity contribution in [3.05, 3.63) is 35.4 Å². The summed E-state index contributed by atoms with van der Waals surface area (Å²) in [4.78, 5) is 35.7. The molecule has 2 N–H and O–H groups in total. The molecule has 6 heteroatoms. The fourth-order valence-corrected chi connectivity index (χ4v) is 2.74. The smallest absolute Gasteiger partial charge is 0.329 e. The molecule has 1 aromatic carbocycles. The second-order valence-electron chi connectivity index (χ2n) is 6.02. The van der Waals surface area contributed by atoms with Crippen molar-refractivity contribution in [3.63, 3.8) is 0 Å². The highest BCUT2D eigenvalue weighted by molar-refractivity contribution is 5.98. The van der Waals surface area contributed by atoms with Crippen LogP contribution in [0.4, 0.5) is 0 Å². The van der Waals surface area contributed by atoms with Crippen molar-refractivity contribution in [3.8, 4) is 0 Å². The fraction of sp³-hybridized carbons (Fsp3) is 0.500. The minimum Gasteiger partial charge on any atom is -0.480 e. The average Bonchev–Trinajstić information content (AvgIpc) is 2.60. The Bertz CT molecular complexity index is 602. The van der Waals surface area contributed by atoms with E-state index < -0.39 is 17.4 Å². The van der Waals surface area contributed by atoms with Crippen LogP contribution in [-0.4, -0.2) is 41.5 Å². The molecule has 0 aromatic heterocycles. The first-order valence-electron chi connectivity index (χ1n) is 8.21. The first-order valence-corrected chi connectivity index (χ1v) is 8.21. The number of ketones is 1. The van der Waals surface area contributed by atoms with Crippen LogP contribution in [-0.2, 0) is 20.7 Å². The number of hydrogen-bond donors (Lipinski definition) is 2. The van der Waals surface area contributed by atoms with Crippen molar-refractivity contribution in [2.24, 2.45) is 0 Å². The quantitative estimate of drug-likeness (QED) is 0.744. The number of aliphatic carboxylic acids is 1. The van der Waals surface area contributed by atoms with Gasteiger partial charge in [0.2, 0.25) is 5.91 Å². The maximum absolute atomic E-state index is 12.1. The van der Waals surface area contributed by atoms with Crippen molar-refractivity contribution < 1.29 is 24.2 Å². The summed E-state index contributed by atoms with van der Waals surface area (Å²) in [6.45, 7) is 2.64. The zero-order valence-corrected chi connectivity index (χ0v) is 13.8. The lowest BCUT2D eigenvalue weighted by molar-refractivity contribution is -0.152. The molecule has 1 amide bonds. The van der Waals surface area contributed by atoms with Crippen molar-refractivity contribution in [2.75, 3.05) is 13.2 Å². The lowest BCUT2D eigenvalue weighted by Gasteiger charge is -2.33. The molecule has 130 valence electrons. The molecule has 0 saturated carbocycles. The van der Waals surface area contributed by atoms with E-state index >= 15 is 0 Å². The number of hydrogen-bond acceptors (Lipinski definition) is 4. The molecule has 2 rings (SSSR count). The molecule has 0 radical (unpaired) electrons. The lowest BCUT2D eigenvalue weighted by Crippen LogP contribution is -2.57. The number of nitrogens with one attached hydrogen (secondary N) is 1. The third kappa shape index (κ3) is 4.41. The number of benzene rings is 1. The van der Waals surface area contributed by atoms with Gasteiger partial charge < -0.3 is 15.2 Å². The van der Waals surface area contributed by atoms with Crippen molar-refractivity contribution in [2.45, 2.75) is 44.6 Å². The number of carbonyl (C=O) groups is 3. The van der Waals surface area contributed by atoms with Crippen molar-refractivity contribution in [1.82, 2.24) is 5.32 Å². The van der Waals surface area contributed by atoms with Crippen LogP contribution in [0.1, 0.15) is 48.5 Å². The van der Waals surface area contributed by atoms with Crippen LogP contribution in [0.5, 0.6) is 0 Å². The predicted octanol–water partition coefficient (Wildman–Crippen LogP) is 1.96. The Labute approximate surface area is 141 Å². The molecule has 1 saturated heterocycles. The van der Waals surface area contributed by atoms with Gasteiger partial charge in [-0.15, -0.1) is 0 Å². The van der Waals surface area contributed by atoms with Crippen LogP contribution >= 0.6 is 0 Å². The van der Waals surface area contributed by atoms with E-state index in [2.05, 4.69) is 5.32 Å². The van der Waals surface area contributed by atoms with Crippen LogP contribution < -0.4 is 5.32 Å². The molecule has 1 aliphatic heterocycles. The number of amides is 1. The predicted molar refractivity (Wildman–Crippen MR) is 87.9 cm³/mol. The minimum absolute atomic E-state index is 0.0236. The molecule has 0 atom stereocenters. The summed E-state index contributed by atoms with van der Waals surface area (Å²) in [7, 11) is 0. The van der Waals surface area contributed by atoms with Gasteiger partial charge >= 0.3 is 5.97 Å². The molecular weight excluding hydrogens is 310 g/mol. The van der Waals surface area contributed by atoms with E-state index in [1.54, 1.807) is 12.1 Å². The maximum Gasteiger partial charge on any atom is 0.329 e. The highest BCUT2D eigenvalue weighted by atomic mass is 16.5. The summed E-state index contributed by atoms with van der Waals surface area (Å²) < 4.78 is 5.16. The molecule has 0 unspecified atom stereocenters. The van der Waals surface area contributed by atoms with E-state index in [1.807, 2.05) is 19.1 Å². The third-order valence-corrected chi connectivity index (χ3v) is 4.40.